The number of aromatic nitrogens is 4. The van der Waals surface area contributed by atoms with Gasteiger partial charge in [-0.15, -0.1) is 5.10 Å². The Labute approximate surface area is 159 Å². The fourth-order valence-electron chi connectivity index (χ4n) is 2.99. The number of hydrogen-bond acceptors (Lipinski definition) is 8. The summed E-state index contributed by atoms with van der Waals surface area (Å²) in [5.41, 5.74) is 1.59. The molecule has 3 aromatic rings. The summed E-state index contributed by atoms with van der Waals surface area (Å²) in [5.74, 6) is -1.41. The van der Waals surface area contributed by atoms with Gasteiger partial charge < -0.3 is 4.74 Å². The van der Waals surface area contributed by atoms with Crippen molar-refractivity contribution in [1.29, 1.82) is 0 Å². The maximum Gasteiger partial charge on any atom is 0.378 e. The summed E-state index contributed by atoms with van der Waals surface area (Å²) in [6.07, 6.45) is 0. The van der Waals surface area contributed by atoms with Crippen LogP contribution in [-0.2, 0) is 14.8 Å². The van der Waals surface area contributed by atoms with E-state index in [0.717, 1.165) is 11.4 Å². The maximum absolute atomic E-state index is 12.5. The Bertz CT molecular complexity index is 1230. The zero-order valence-corrected chi connectivity index (χ0v) is 15.8. The largest absolute Gasteiger partial charge is 0.458 e. The minimum atomic E-state index is -3.94. The quantitative estimate of drug-likeness (QED) is 0.587. The summed E-state index contributed by atoms with van der Waals surface area (Å²) in [7, 11) is -3.94. The molecule has 1 amide bonds. The Kier molecular flexibility index (Phi) is 4.11. The van der Waals surface area contributed by atoms with E-state index in [4.69, 9.17) is 4.74 Å². The van der Waals surface area contributed by atoms with Gasteiger partial charge in [0.2, 0.25) is 0 Å². The second kappa shape index (κ2) is 6.37. The molecule has 11 heteroatoms. The predicted molar refractivity (Wildman–Crippen MR) is 95.2 cm³/mol. The van der Waals surface area contributed by atoms with E-state index in [1.54, 1.807) is 32.0 Å². The van der Waals surface area contributed by atoms with Crippen LogP contribution in [0.25, 0.3) is 5.78 Å². The number of hydrogen-bond donors (Lipinski definition) is 0. The average Bonchev–Trinajstić information content (AvgIpc) is 3.15. The molecule has 0 bridgehead atoms. The number of rotatable bonds is 4. The summed E-state index contributed by atoms with van der Waals surface area (Å²) < 4.78 is 32.1. The van der Waals surface area contributed by atoms with Crippen molar-refractivity contribution in [2.75, 3.05) is 13.2 Å². The smallest absolute Gasteiger partial charge is 0.378 e. The summed E-state index contributed by atoms with van der Waals surface area (Å²) in [6, 6.07) is 7.73. The lowest BCUT2D eigenvalue weighted by Gasteiger charge is -2.14. The van der Waals surface area contributed by atoms with Gasteiger partial charge in [-0.1, -0.05) is 12.1 Å². The van der Waals surface area contributed by atoms with E-state index in [0.29, 0.717) is 4.31 Å². The molecule has 144 valence electrons. The van der Waals surface area contributed by atoms with Crippen molar-refractivity contribution in [2.45, 2.75) is 18.7 Å². The third-order valence-corrected chi connectivity index (χ3v) is 6.08. The molecule has 0 radical (unpaired) electrons. The lowest BCUT2D eigenvalue weighted by molar-refractivity contribution is 0.0464. The second-order valence-electron chi connectivity index (χ2n) is 6.20. The summed E-state index contributed by atoms with van der Waals surface area (Å²) in [6.45, 7) is 2.97. The van der Waals surface area contributed by atoms with Gasteiger partial charge in [0.05, 0.1) is 12.1 Å². The zero-order chi connectivity index (χ0) is 20.1. The van der Waals surface area contributed by atoms with Crippen LogP contribution in [-0.4, -0.2) is 57.3 Å². The van der Waals surface area contributed by atoms with Crippen molar-refractivity contribution in [1.82, 2.24) is 23.9 Å². The molecular formula is C17H15N5O5S. The van der Waals surface area contributed by atoms with Gasteiger partial charge in [-0.25, -0.2) is 27.0 Å². The van der Waals surface area contributed by atoms with Crippen molar-refractivity contribution in [3.05, 3.63) is 53.1 Å². The lowest BCUT2D eigenvalue weighted by Crippen LogP contribution is -2.33. The molecule has 1 aliphatic rings. The van der Waals surface area contributed by atoms with Crippen LogP contribution in [0.4, 0.5) is 0 Å². The van der Waals surface area contributed by atoms with Crippen molar-refractivity contribution in [2.24, 2.45) is 0 Å². The first kappa shape index (κ1) is 18.0. The van der Waals surface area contributed by atoms with Gasteiger partial charge in [0.25, 0.3) is 27.5 Å². The van der Waals surface area contributed by atoms with E-state index in [9.17, 15) is 18.0 Å². The number of carbonyl (C=O) groups is 2. The minimum absolute atomic E-state index is 0.0507. The first-order chi connectivity index (χ1) is 13.3. The van der Waals surface area contributed by atoms with Crippen LogP contribution >= 0.6 is 0 Å². The number of nitrogens with zero attached hydrogens (tertiary/aromatic N) is 5. The molecule has 28 heavy (non-hydrogen) atoms. The Morgan fingerprint density at radius 3 is 2.68 bits per heavy atom. The van der Waals surface area contributed by atoms with E-state index in [1.165, 1.54) is 16.6 Å². The van der Waals surface area contributed by atoms with E-state index >= 15 is 0 Å². The van der Waals surface area contributed by atoms with E-state index in [1.807, 2.05) is 0 Å². The second-order valence-corrected chi connectivity index (χ2v) is 8.03. The Hall–Kier alpha value is -3.34. The van der Waals surface area contributed by atoms with Crippen LogP contribution in [0.2, 0.25) is 0 Å². The normalized spacial score (nSPS) is 15.1. The van der Waals surface area contributed by atoms with Crippen LogP contribution in [0, 0.1) is 13.8 Å². The Morgan fingerprint density at radius 2 is 1.93 bits per heavy atom. The van der Waals surface area contributed by atoms with Gasteiger partial charge in [-0.2, -0.15) is 4.98 Å². The molecule has 0 unspecified atom stereocenters. The summed E-state index contributed by atoms with van der Waals surface area (Å²) in [5, 5.41) is 4.05. The topological polar surface area (TPSA) is 124 Å². The highest BCUT2D eigenvalue weighted by atomic mass is 32.2. The number of aryl methyl sites for hydroxylation is 2. The van der Waals surface area contributed by atoms with Crippen LogP contribution in [0.1, 0.15) is 32.4 Å². The molecule has 10 nitrogen and oxygen atoms in total. The number of benzene rings is 1. The molecule has 2 aromatic heterocycles. The van der Waals surface area contributed by atoms with Crippen LogP contribution < -0.4 is 0 Å². The number of amides is 1. The molecule has 0 fully saturated rings. The van der Waals surface area contributed by atoms with Crippen LogP contribution in [0.15, 0.2) is 35.2 Å². The molecule has 0 N–H and O–H groups in total. The van der Waals surface area contributed by atoms with E-state index in [2.05, 4.69) is 15.1 Å². The molecule has 0 saturated carbocycles. The standard InChI is InChI=1S/C17H15N5O5S/c1-10-9-11(2)22-17(18-10)19-14(20-22)16(24)27-8-7-21-15(23)12-5-3-4-6-13(12)28(21,25)26/h3-6,9H,7-8H2,1-2H3. The average molecular weight is 401 g/mol. The molecule has 1 aliphatic heterocycles. The molecule has 0 atom stereocenters. The fraction of sp³-hybridized carbons (Fsp3) is 0.235. The fourth-order valence-corrected chi connectivity index (χ4v) is 4.54. The van der Waals surface area contributed by atoms with Gasteiger partial charge in [0, 0.05) is 11.4 Å². The molecule has 3 heterocycles. The third-order valence-electron chi connectivity index (χ3n) is 4.24. The van der Waals surface area contributed by atoms with Gasteiger partial charge in [-0.3, -0.25) is 4.79 Å². The number of carbonyl (C=O) groups excluding carboxylic acids is 2. The summed E-state index contributed by atoms with van der Waals surface area (Å²) in [4.78, 5) is 32.7. The molecule has 0 spiro atoms. The molecular weight excluding hydrogens is 386 g/mol. The number of fused-ring (bicyclic) bond motifs is 2. The first-order valence-electron chi connectivity index (χ1n) is 8.33. The molecule has 4 rings (SSSR count). The van der Waals surface area contributed by atoms with Gasteiger partial charge in [0.1, 0.15) is 11.5 Å². The van der Waals surface area contributed by atoms with Gasteiger partial charge in [0.15, 0.2) is 0 Å². The molecule has 0 saturated heterocycles. The Balaban J connectivity index is 1.47. The number of ether oxygens (including phenoxy) is 1. The highest BCUT2D eigenvalue weighted by Crippen LogP contribution is 2.29. The lowest BCUT2D eigenvalue weighted by atomic mass is 10.2. The number of esters is 1. The van der Waals surface area contributed by atoms with Gasteiger partial charge in [-0.05, 0) is 32.0 Å². The van der Waals surface area contributed by atoms with Crippen LogP contribution in [0.5, 0.6) is 0 Å². The van der Waals surface area contributed by atoms with Crippen molar-refractivity contribution in [3.63, 3.8) is 0 Å². The third kappa shape index (κ3) is 2.80. The molecule has 0 aliphatic carbocycles. The summed E-state index contributed by atoms with van der Waals surface area (Å²) >= 11 is 0. The number of sulfonamides is 1. The van der Waals surface area contributed by atoms with E-state index in [-0.39, 0.29) is 35.2 Å². The highest BCUT2D eigenvalue weighted by molar-refractivity contribution is 7.90. The highest BCUT2D eigenvalue weighted by Gasteiger charge is 2.40. The predicted octanol–water partition coefficient (Wildman–Crippen LogP) is 0.743. The van der Waals surface area contributed by atoms with Crippen molar-refractivity contribution in [3.8, 4) is 0 Å². The zero-order valence-electron chi connectivity index (χ0n) is 15.0. The molecule has 1 aromatic carbocycles. The SMILES string of the molecule is Cc1cc(C)n2nc(C(=O)OCCN3C(=O)c4ccccc4S3(=O)=O)nc2n1. The van der Waals surface area contributed by atoms with Crippen molar-refractivity contribution < 1.29 is 22.7 Å². The minimum Gasteiger partial charge on any atom is -0.458 e. The van der Waals surface area contributed by atoms with Crippen molar-refractivity contribution >= 4 is 27.7 Å². The first-order valence-corrected chi connectivity index (χ1v) is 9.77. The maximum atomic E-state index is 12.5. The van der Waals surface area contributed by atoms with E-state index < -0.39 is 21.9 Å². The van der Waals surface area contributed by atoms with Gasteiger partial charge >= 0.3 is 5.97 Å². The monoisotopic (exact) mass is 401 g/mol. The Morgan fingerprint density at radius 1 is 1.18 bits per heavy atom. The van der Waals surface area contributed by atoms with Crippen LogP contribution in [0.3, 0.4) is 0 Å².